The molecule has 2 rings (SSSR count). The minimum Gasteiger partial charge on any atom is -0.392 e. The number of aliphatic hydroxyl groups excluding tert-OH is 1. The highest BCUT2D eigenvalue weighted by Crippen LogP contribution is 2.54. The van der Waals surface area contributed by atoms with Crippen molar-refractivity contribution in [3.05, 3.63) is 48.0 Å². The number of hydrogen-bond acceptors (Lipinski definition) is 1. The van der Waals surface area contributed by atoms with E-state index in [-0.39, 0.29) is 6.61 Å². The van der Waals surface area contributed by atoms with Crippen LogP contribution in [-0.2, 0) is 5.41 Å². The van der Waals surface area contributed by atoms with E-state index in [4.69, 9.17) is 5.11 Å². The fourth-order valence-electron chi connectivity index (χ4n) is 2.05. The summed E-state index contributed by atoms with van der Waals surface area (Å²) >= 11 is 0. The fraction of sp³-hybridized carbons (Fsp3) is 0.385. The number of benzene rings is 1. The number of aliphatic hydroxyl groups is 1. The van der Waals surface area contributed by atoms with Crippen LogP contribution in [0.25, 0.3) is 0 Å². The smallest absolute Gasteiger partial charge is 0.0612 e. The molecule has 0 spiro atoms. The third-order valence-corrected chi connectivity index (χ3v) is 3.21. The Bertz CT molecular complexity index is 328. The minimum absolute atomic E-state index is 0.154. The van der Waals surface area contributed by atoms with Gasteiger partial charge in [-0.25, -0.2) is 0 Å². The van der Waals surface area contributed by atoms with E-state index >= 15 is 0 Å². The van der Waals surface area contributed by atoms with Crippen LogP contribution in [0.4, 0.5) is 0 Å². The second kappa shape index (κ2) is 3.58. The summed E-state index contributed by atoms with van der Waals surface area (Å²) in [5.74, 6) is 0.608. The summed E-state index contributed by atoms with van der Waals surface area (Å²) in [6.07, 6.45) is 5.18. The maximum absolute atomic E-state index is 8.70. The van der Waals surface area contributed by atoms with Gasteiger partial charge in [-0.2, -0.15) is 0 Å². The maximum Gasteiger partial charge on any atom is 0.0612 e. The van der Waals surface area contributed by atoms with E-state index in [0.29, 0.717) is 11.3 Å². The molecule has 0 aliphatic heterocycles. The molecule has 1 fully saturated rings. The quantitative estimate of drug-likeness (QED) is 0.723. The van der Waals surface area contributed by atoms with Gasteiger partial charge in [-0.3, -0.25) is 0 Å². The van der Waals surface area contributed by atoms with E-state index in [0.717, 1.165) is 0 Å². The van der Waals surface area contributed by atoms with Crippen LogP contribution in [0.3, 0.4) is 0 Å². The van der Waals surface area contributed by atoms with Gasteiger partial charge in [0.2, 0.25) is 0 Å². The van der Waals surface area contributed by atoms with Crippen LogP contribution in [0.5, 0.6) is 0 Å². The van der Waals surface area contributed by atoms with Gasteiger partial charge in [-0.1, -0.05) is 49.4 Å². The standard InChI is InChI=1S/C13H16O/c1-13(10-12(13)8-5-9-14)11-6-3-2-4-7-11/h2-8,12,14H,9-10H2,1H3/b8-5+/t12-,13+/m0/s1. The van der Waals surface area contributed by atoms with Gasteiger partial charge in [-0.05, 0) is 23.3 Å². The molecular formula is C13H16O. The first kappa shape index (κ1) is 9.47. The van der Waals surface area contributed by atoms with Crippen molar-refractivity contribution in [3.63, 3.8) is 0 Å². The van der Waals surface area contributed by atoms with E-state index in [1.165, 1.54) is 12.0 Å². The van der Waals surface area contributed by atoms with Crippen molar-refractivity contribution in [2.24, 2.45) is 5.92 Å². The molecule has 0 saturated heterocycles. The van der Waals surface area contributed by atoms with Gasteiger partial charge in [0.05, 0.1) is 6.61 Å². The molecule has 1 aliphatic rings. The van der Waals surface area contributed by atoms with Crippen LogP contribution in [-0.4, -0.2) is 11.7 Å². The van der Waals surface area contributed by atoms with Crippen molar-refractivity contribution in [1.82, 2.24) is 0 Å². The van der Waals surface area contributed by atoms with Crippen molar-refractivity contribution in [2.75, 3.05) is 6.61 Å². The van der Waals surface area contributed by atoms with E-state index in [1.807, 2.05) is 12.1 Å². The molecule has 74 valence electrons. The molecule has 1 heteroatoms. The summed E-state index contributed by atoms with van der Waals surface area (Å²) in [5.41, 5.74) is 1.72. The Kier molecular flexibility index (Phi) is 2.42. The Balaban J connectivity index is 2.11. The van der Waals surface area contributed by atoms with Crippen LogP contribution in [0.1, 0.15) is 18.9 Å². The average Bonchev–Trinajstić information content (AvgIpc) is 2.90. The second-order valence-electron chi connectivity index (χ2n) is 4.20. The first-order chi connectivity index (χ1) is 6.77. The van der Waals surface area contributed by atoms with Crippen LogP contribution in [0.15, 0.2) is 42.5 Å². The molecule has 0 amide bonds. The Morgan fingerprint density at radius 2 is 2.14 bits per heavy atom. The Morgan fingerprint density at radius 1 is 1.43 bits per heavy atom. The third-order valence-electron chi connectivity index (χ3n) is 3.21. The number of hydrogen-bond donors (Lipinski definition) is 1. The molecule has 2 atom stereocenters. The lowest BCUT2D eigenvalue weighted by molar-refractivity contribution is 0.342. The topological polar surface area (TPSA) is 20.2 Å². The first-order valence-electron chi connectivity index (χ1n) is 5.10. The molecule has 1 aromatic carbocycles. The zero-order valence-electron chi connectivity index (χ0n) is 8.48. The van der Waals surface area contributed by atoms with E-state index in [9.17, 15) is 0 Å². The van der Waals surface area contributed by atoms with Crippen molar-refractivity contribution in [3.8, 4) is 0 Å². The highest BCUT2D eigenvalue weighted by atomic mass is 16.2. The Morgan fingerprint density at radius 3 is 2.79 bits per heavy atom. The first-order valence-corrected chi connectivity index (χ1v) is 5.10. The van der Waals surface area contributed by atoms with E-state index < -0.39 is 0 Å². The number of allylic oxidation sites excluding steroid dienone is 1. The van der Waals surface area contributed by atoms with Crippen LogP contribution < -0.4 is 0 Å². The molecule has 0 heterocycles. The van der Waals surface area contributed by atoms with Crippen molar-refractivity contribution < 1.29 is 5.11 Å². The highest BCUT2D eigenvalue weighted by Gasteiger charge is 2.49. The monoisotopic (exact) mass is 188 g/mol. The van der Waals surface area contributed by atoms with Gasteiger partial charge in [0.15, 0.2) is 0 Å². The molecule has 0 aromatic heterocycles. The van der Waals surface area contributed by atoms with E-state index in [1.54, 1.807) is 0 Å². The molecule has 1 N–H and O–H groups in total. The normalized spacial score (nSPS) is 30.9. The van der Waals surface area contributed by atoms with E-state index in [2.05, 4.69) is 37.3 Å². The molecule has 0 unspecified atom stereocenters. The zero-order chi connectivity index (χ0) is 10.0. The Hall–Kier alpha value is -1.08. The SMILES string of the molecule is C[C@]1(c2ccccc2)C[C@@H]1/C=C/CO. The average molecular weight is 188 g/mol. The minimum atomic E-state index is 0.154. The van der Waals surface area contributed by atoms with Gasteiger partial charge in [0, 0.05) is 0 Å². The molecule has 0 bridgehead atoms. The van der Waals surface area contributed by atoms with Crippen LogP contribution in [0, 0.1) is 5.92 Å². The lowest BCUT2D eigenvalue weighted by atomic mass is 9.95. The summed E-state index contributed by atoms with van der Waals surface area (Å²) in [5, 5.41) is 8.70. The van der Waals surface area contributed by atoms with Gasteiger partial charge in [0.25, 0.3) is 0 Å². The third kappa shape index (κ3) is 1.60. The summed E-state index contributed by atoms with van der Waals surface area (Å²) < 4.78 is 0. The predicted molar refractivity (Wildman–Crippen MR) is 58.1 cm³/mol. The molecule has 1 nitrogen and oxygen atoms in total. The summed E-state index contributed by atoms with van der Waals surface area (Å²) in [4.78, 5) is 0. The lowest BCUT2D eigenvalue weighted by Gasteiger charge is -2.09. The van der Waals surface area contributed by atoms with Crippen molar-refractivity contribution >= 4 is 0 Å². The molecule has 0 radical (unpaired) electrons. The van der Waals surface area contributed by atoms with Gasteiger partial charge in [-0.15, -0.1) is 0 Å². The molecular weight excluding hydrogens is 172 g/mol. The maximum atomic E-state index is 8.70. The molecule has 1 saturated carbocycles. The van der Waals surface area contributed by atoms with Crippen LogP contribution >= 0.6 is 0 Å². The van der Waals surface area contributed by atoms with Gasteiger partial charge in [0.1, 0.15) is 0 Å². The Labute approximate surface area is 85.1 Å². The molecule has 1 aromatic rings. The van der Waals surface area contributed by atoms with Crippen LogP contribution in [0.2, 0.25) is 0 Å². The fourth-order valence-corrected chi connectivity index (χ4v) is 2.05. The van der Waals surface area contributed by atoms with Gasteiger partial charge >= 0.3 is 0 Å². The van der Waals surface area contributed by atoms with Crippen molar-refractivity contribution in [1.29, 1.82) is 0 Å². The number of rotatable bonds is 3. The second-order valence-corrected chi connectivity index (χ2v) is 4.20. The highest BCUT2D eigenvalue weighted by molar-refractivity contribution is 5.34. The lowest BCUT2D eigenvalue weighted by Crippen LogP contribution is -2.02. The largest absolute Gasteiger partial charge is 0.392 e. The summed E-state index contributed by atoms with van der Waals surface area (Å²) in [6.45, 7) is 2.44. The van der Waals surface area contributed by atoms with Crippen molar-refractivity contribution in [2.45, 2.75) is 18.8 Å². The molecule has 1 aliphatic carbocycles. The van der Waals surface area contributed by atoms with Gasteiger partial charge < -0.3 is 5.11 Å². The molecule has 14 heavy (non-hydrogen) atoms. The zero-order valence-corrected chi connectivity index (χ0v) is 8.48. The summed E-state index contributed by atoms with van der Waals surface area (Å²) in [6, 6.07) is 10.6. The summed E-state index contributed by atoms with van der Waals surface area (Å²) in [7, 11) is 0. The predicted octanol–water partition coefficient (Wildman–Crippen LogP) is 2.51.